The lowest BCUT2D eigenvalue weighted by molar-refractivity contribution is -0.167. The van der Waals surface area contributed by atoms with Crippen LogP contribution in [0.15, 0.2) is 0 Å². The van der Waals surface area contributed by atoms with Crippen molar-refractivity contribution in [1.29, 1.82) is 0 Å². The second kappa shape index (κ2) is 44.5. The molecule has 0 aliphatic rings. The summed E-state index contributed by atoms with van der Waals surface area (Å²) in [5.74, 6) is -0.0156. The first-order valence-electron chi connectivity index (χ1n) is 24.9. The van der Waals surface area contributed by atoms with Gasteiger partial charge in [0.15, 0.2) is 6.10 Å². The Hall–Kier alpha value is -1.59. The number of unbranched alkanes of at least 4 members (excludes halogenated alkanes) is 32. The molecule has 0 amide bonds. The van der Waals surface area contributed by atoms with Crippen molar-refractivity contribution < 1.29 is 28.6 Å². The first-order valence-corrected chi connectivity index (χ1v) is 24.9. The van der Waals surface area contributed by atoms with Gasteiger partial charge in [0.05, 0.1) is 0 Å². The largest absolute Gasteiger partial charge is 0.462 e. The lowest BCUT2D eigenvalue weighted by Crippen LogP contribution is -2.30. The molecular weight excluding hydrogens is 697 g/mol. The van der Waals surface area contributed by atoms with Gasteiger partial charge in [0.2, 0.25) is 0 Å². The van der Waals surface area contributed by atoms with Crippen molar-refractivity contribution in [2.45, 2.75) is 284 Å². The summed E-state index contributed by atoms with van der Waals surface area (Å²) in [6.07, 6.45) is 45.1. The molecule has 6 heteroatoms. The standard InChI is InChI=1S/C50H96O6/c1-5-7-9-11-13-15-17-22-26-30-34-38-42-49(52)55-45-47(44-54-48(51)41-37-33-29-25-20-16-14-12-10-8-6-2)56-50(53)43-39-35-31-27-23-19-18-21-24-28-32-36-40-46(3)4/h46-47H,5-45H2,1-4H3/t47-/m1/s1. The molecule has 0 saturated carbocycles. The van der Waals surface area contributed by atoms with Crippen LogP contribution < -0.4 is 0 Å². The fraction of sp³-hybridized carbons (Fsp3) is 0.940. The third-order valence-electron chi connectivity index (χ3n) is 11.3. The van der Waals surface area contributed by atoms with Gasteiger partial charge in [0, 0.05) is 19.3 Å². The van der Waals surface area contributed by atoms with Crippen LogP contribution in [0.4, 0.5) is 0 Å². The van der Waals surface area contributed by atoms with Gasteiger partial charge < -0.3 is 14.2 Å². The maximum absolute atomic E-state index is 12.8. The number of carbonyl (C=O) groups is 3. The molecule has 0 aromatic heterocycles. The van der Waals surface area contributed by atoms with Crippen LogP contribution in [-0.2, 0) is 28.6 Å². The average Bonchev–Trinajstić information content (AvgIpc) is 3.18. The second-order valence-corrected chi connectivity index (χ2v) is 17.6. The van der Waals surface area contributed by atoms with Crippen molar-refractivity contribution in [1.82, 2.24) is 0 Å². The molecule has 1 atom stereocenters. The molecule has 0 rings (SSSR count). The van der Waals surface area contributed by atoms with E-state index < -0.39 is 6.10 Å². The first kappa shape index (κ1) is 54.4. The van der Waals surface area contributed by atoms with E-state index in [2.05, 4.69) is 27.7 Å². The molecular formula is C50H96O6. The van der Waals surface area contributed by atoms with Crippen molar-refractivity contribution in [3.63, 3.8) is 0 Å². The Kier molecular flexibility index (Phi) is 43.2. The highest BCUT2D eigenvalue weighted by Gasteiger charge is 2.19. The molecule has 0 aromatic carbocycles. The minimum atomic E-state index is -0.759. The Labute approximate surface area is 348 Å². The van der Waals surface area contributed by atoms with Crippen molar-refractivity contribution in [3.8, 4) is 0 Å². The zero-order valence-electron chi connectivity index (χ0n) is 38.1. The molecule has 6 nitrogen and oxygen atoms in total. The van der Waals surface area contributed by atoms with Crippen LogP contribution in [0.5, 0.6) is 0 Å². The van der Waals surface area contributed by atoms with Gasteiger partial charge in [-0.05, 0) is 25.2 Å². The van der Waals surface area contributed by atoms with Gasteiger partial charge in [0.1, 0.15) is 13.2 Å². The summed E-state index contributed by atoms with van der Waals surface area (Å²) in [5, 5.41) is 0. The highest BCUT2D eigenvalue weighted by molar-refractivity contribution is 5.71. The summed E-state index contributed by atoms with van der Waals surface area (Å²) in [7, 11) is 0. The minimum absolute atomic E-state index is 0.0630. The van der Waals surface area contributed by atoms with Crippen LogP contribution in [0, 0.1) is 5.92 Å². The first-order chi connectivity index (χ1) is 27.4. The van der Waals surface area contributed by atoms with Crippen LogP contribution in [0.25, 0.3) is 0 Å². The van der Waals surface area contributed by atoms with Crippen LogP contribution in [0.2, 0.25) is 0 Å². The molecule has 0 radical (unpaired) electrons. The molecule has 0 unspecified atom stereocenters. The predicted octanol–water partition coefficient (Wildman–Crippen LogP) is 15.9. The highest BCUT2D eigenvalue weighted by Crippen LogP contribution is 2.17. The van der Waals surface area contributed by atoms with E-state index >= 15 is 0 Å². The van der Waals surface area contributed by atoms with Crippen LogP contribution >= 0.6 is 0 Å². The Morgan fingerprint density at radius 1 is 0.339 bits per heavy atom. The summed E-state index contributed by atoms with van der Waals surface area (Å²) < 4.78 is 16.8. The Morgan fingerprint density at radius 3 is 0.875 bits per heavy atom. The number of hydrogen-bond acceptors (Lipinski definition) is 6. The predicted molar refractivity (Wildman–Crippen MR) is 238 cm³/mol. The number of hydrogen-bond donors (Lipinski definition) is 0. The normalized spacial score (nSPS) is 11.9. The lowest BCUT2D eigenvalue weighted by atomic mass is 10.0. The number of carbonyl (C=O) groups excluding carboxylic acids is 3. The van der Waals surface area contributed by atoms with Crippen molar-refractivity contribution >= 4 is 17.9 Å². The van der Waals surface area contributed by atoms with E-state index in [0.717, 1.165) is 63.7 Å². The summed E-state index contributed by atoms with van der Waals surface area (Å²) in [6, 6.07) is 0. The highest BCUT2D eigenvalue weighted by atomic mass is 16.6. The van der Waals surface area contributed by atoms with Crippen molar-refractivity contribution in [2.75, 3.05) is 13.2 Å². The molecule has 56 heavy (non-hydrogen) atoms. The third-order valence-corrected chi connectivity index (χ3v) is 11.3. The fourth-order valence-electron chi connectivity index (χ4n) is 7.51. The fourth-order valence-corrected chi connectivity index (χ4v) is 7.51. The zero-order valence-corrected chi connectivity index (χ0v) is 38.1. The van der Waals surface area contributed by atoms with E-state index in [4.69, 9.17) is 14.2 Å². The van der Waals surface area contributed by atoms with Gasteiger partial charge in [-0.15, -0.1) is 0 Å². The summed E-state index contributed by atoms with van der Waals surface area (Å²) in [5.41, 5.74) is 0. The van der Waals surface area contributed by atoms with Gasteiger partial charge in [-0.25, -0.2) is 0 Å². The lowest BCUT2D eigenvalue weighted by Gasteiger charge is -2.18. The second-order valence-electron chi connectivity index (χ2n) is 17.6. The minimum Gasteiger partial charge on any atom is -0.462 e. The molecule has 0 fully saturated rings. The number of esters is 3. The van der Waals surface area contributed by atoms with E-state index in [9.17, 15) is 14.4 Å². The van der Waals surface area contributed by atoms with Gasteiger partial charge in [-0.1, -0.05) is 240 Å². The van der Waals surface area contributed by atoms with Crippen LogP contribution in [0.1, 0.15) is 278 Å². The number of ether oxygens (including phenoxy) is 3. The monoisotopic (exact) mass is 793 g/mol. The van der Waals surface area contributed by atoms with Crippen molar-refractivity contribution in [2.24, 2.45) is 5.92 Å². The van der Waals surface area contributed by atoms with Crippen molar-refractivity contribution in [3.05, 3.63) is 0 Å². The maximum Gasteiger partial charge on any atom is 0.306 e. The van der Waals surface area contributed by atoms with E-state index in [1.807, 2.05) is 0 Å². The molecule has 332 valence electrons. The topological polar surface area (TPSA) is 78.9 Å². The van der Waals surface area contributed by atoms with E-state index in [0.29, 0.717) is 19.3 Å². The molecule has 0 aliphatic heterocycles. The van der Waals surface area contributed by atoms with E-state index in [1.54, 1.807) is 0 Å². The van der Waals surface area contributed by atoms with Gasteiger partial charge >= 0.3 is 17.9 Å². The average molecular weight is 793 g/mol. The Balaban J connectivity index is 4.31. The van der Waals surface area contributed by atoms with Gasteiger partial charge in [-0.3, -0.25) is 14.4 Å². The molecule has 0 bridgehead atoms. The Morgan fingerprint density at radius 2 is 0.589 bits per heavy atom. The SMILES string of the molecule is CCCCCCCCCCCCCCC(=O)OC[C@@H](COC(=O)CCCCCCCCCCCCC)OC(=O)CCCCCCCCCCCCCCC(C)C. The Bertz CT molecular complexity index is 841. The summed E-state index contributed by atoms with van der Waals surface area (Å²) in [6.45, 7) is 9.01. The van der Waals surface area contributed by atoms with Crippen LogP contribution in [-0.4, -0.2) is 37.2 Å². The molecule has 0 aromatic rings. The van der Waals surface area contributed by atoms with Gasteiger partial charge in [0.25, 0.3) is 0 Å². The smallest absolute Gasteiger partial charge is 0.306 e. The molecule has 0 aliphatic carbocycles. The molecule has 0 heterocycles. The quantitative estimate of drug-likeness (QED) is 0.0347. The maximum atomic E-state index is 12.8. The molecule has 0 spiro atoms. The van der Waals surface area contributed by atoms with Crippen LogP contribution in [0.3, 0.4) is 0 Å². The third kappa shape index (κ3) is 43.5. The van der Waals surface area contributed by atoms with Gasteiger partial charge in [-0.2, -0.15) is 0 Å². The van der Waals surface area contributed by atoms with E-state index in [-0.39, 0.29) is 31.1 Å². The molecule has 0 saturated heterocycles. The van der Waals surface area contributed by atoms with E-state index in [1.165, 1.54) is 173 Å². The summed E-state index contributed by atoms with van der Waals surface area (Å²) >= 11 is 0. The molecule has 0 N–H and O–H groups in total. The zero-order chi connectivity index (χ0) is 41.0. The number of rotatable bonds is 45. The summed E-state index contributed by atoms with van der Waals surface area (Å²) in [4.78, 5) is 37.8.